The summed E-state index contributed by atoms with van der Waals surface area (Å²) in [7, 11) is -4.16. The molecule has 3 aromatic rings. The van der Waals surface area contributed by atoms with Crippen LogP contribution in [0.4, 0.5) is 5.69 Å². The van der Waals surface area contributed by atoms with Gasteiger partial charge in [0.25, 0.3) is 10.0 Å². The van der Waals surface area contributed by atoms with E-state index in [0.29, 0.717) is 27.7 Å². The molecule has 0 aliphatic carbocycles. The van der Waals surface area contributed by atoms with Crippen LogP contribution in [0.1, 0.15) is 51.3 Å². The maximum atomic E-state index is 14.2. The lowest BCUT2D eigenvalue weighted by Crippen LogP contribution is -2.54. The van der Waals surface area contributed by atoms with Gasteiger partial charge in [0.2, 0.25) is 11.8 Å². The first-order valence-electron chi connectivity index (χ1n) is 13.4. The minimum absolute atomic E-state index is 0.0565. The first kappa shape index (κ1) is 32.4. The average Bonchev–Trinajstić information content (AvgIpc) is 2.90. The maximum Gasteiger partial charge on any atom is 0.264 e. The van der Waals surface area contributed by atoms with E-state index in [1.165, 1.54) is 17.0 Å². The van der Waals surface area contributed by atoms with E-state index in [1.807, 2.05) is 46.8 Å². The Labute approximate surface area is 253 Å². The van der Waals surface area contributed by atoms with Crippen LogP contribution in [0.15, 0.2) is 71.6 Å². The van der Waals surface area contributed by atoms with Gasteiger partial charge in [0.05, 0.1) is 10.6 Å². The quantitative estimate of drug-likeness (QED) is 0.285. The van der Waals surface area contributed by atoms with Gasteiger partial charge in [-0.15, -0.1) is 0 Å². The average molecular weight is 619 g/mol. The van der Waals surface area contributed by atoms with Crippen molar-refractivity contribution in [1.29, 1.82) is 0 Å². The highest BCUT2D eigenvalue weighted by Crippen LogP contribution is 2.30. The third-order valence-electron chi connectivity index (χ3n) is 6.58. The molecule has 220 valence electrons. The number of carbonyl (C=O) groups excluding carboxylic acids is 2. The SMILES string of the molecule is CCc1ccccc1N(CC(=O)N(Cc1c(Cl)cccc1Cl)[C@@H](C)C(=O)NC(C)(C)C)S(=O)(=O)c1ccc(C)cc1. The Morgan fingerprint density at radius 3 is 2.07 bits per heavy atom. The van der Waals surface area contributed by atoms with Crippen molar-refractivity contribution in [2.75, 3.05) is 10.8 Å². The molecule has 0 spiro atoms. The fourth-order valence-corrected chi connectivity index (χ4v) is 6.28. The molecule has 0 radical (unpaired) electrons. The summed E-state index contributed by atoms with van der Waals surface area (Å²) in [6, 6.07) is 17.6. The molecule has 0 unspecified atom stereocenters. The first-order chi connectivity index (χ1) is 19.2. The molecule has 41 heavy (non-hydrogen) atoms. The van der Waals surface area contributed by atoms with Gasteiger partial charge in [-0.05, 0) is 76.9 Å². The number of aryl methyl sites for hydroxylation is 2. The van der Waals surface area contributed by atoms with Gasteiger partial charge in [0.15, 0.2) is 0 Å². The number of anilines is 1. The van der Waals surface area contributed by atoms with Crippen molar-refractivity contribution in [3.63, 3.8) is 0 Å². The lowest BCUT2D eigenvalue weighted by Gasteiger charge is -2.34. The van der Waals surface area contributed by atoms with Crippen molar-refractivity contribution >= 4 is 50.7 Å². The summed E-state index contributed by atoms with van der Waals surface area (Å²) in [6.45, 7) is 10.3. The molecule has 0 saturated heterocycles. The van der Waals surface area contributed by atoms with E-state index < -0.39 is 40.0 Å². The van der Waals surface area contributed by atoms with E-state index in [2.05, 4.69) is 5.32 Å². The van der Waals surface area contributed by atoms with Crippen LogP contribution in [-0.4, -0.2) is 43.3 Å². The Morgan fingerprint density at radius 1 is 0.927 bits per heavy atom. The summed E-state index contributed by atoms with van der Waals surface area (Å²) >= 11 is 12.9. The second-order valence-electron chi connectivity index (χ2n) is 10.9. The molecule has 0 saturated carbocycles. The van der Waals surface area contributed by atoms with Crippen molar-refractivity contribution in [1.82, 2.24) is 10.2 Å². The number of amides is 2. The summed E-state index contributed by atoms with van der Waals surface area (Å²) in [6.07, 6.45) is 0.549. The normalized spacial score (nSPS) is 12.5. The minimum atomic E-state index is -4.16. The van der Waals surface area contributed by atoms with Crippen molar-refractivity contribution in [3.8, 4) is 0 Å². The number of rotatable bonds is 10. The number of para-hydroxylation sites is 1. The van der Waals surface area contributed by atoms with Crippen molar-refractivity contribution < 1.29 is 18.0 Å². The fourth-order valence-electron chi connectivity index (χ4n) is 4.31. The van der Waals surface area contributed by atoms with Gasteiger partial charge in [-0.3, -0.25) is 13.9 Å². The number of nitrogens with zero attached hydrogens (tertiary/aromatic N) is 2. The van der Waals surface area contributed by atoms with E-state index in [9.17, 15) is 18.0 Å². The minimum Gasteiger partial charge on any atom is -0.350 e. The number of hydrogen-bond acceptors (Lipinski definition) is 4. The molecule has 0 aliphatic rings. The fraction of sp³-hybridized carbons (Fsp3) is 0.355. The second kappa shape index (κ2) is 13.3. The monoisotopic (exact) mass is 617 g/mol. The predicted octanol–water partition coefficient (Wildman–Crippen LogP) is 6.39. The molecule has 0 heterocycles. The molecule has 3 aromatic carbocycles. The smallest absolute Gasteiger partial charge is 0.264 e. The van der Waals surface area contributed by atoms with Crippen LogP contribution < -0.4 is 9.62 Å². The molecule has 0 aromatic heterocycles. The van der Waals surface area contributed by atoms with Gasteiger partial charge in [0.1, 0.15) is 12.6 Å². The molecule has 1 atom stereocenters. The second-order valence-corrected chi connectivity index (χ2v) is 13.6. The highest BCUT2D eigenvalue weighted by molar-refractivity contribution is 7.92. The van der Waals surface area contributed by atoms with E-state index in [0.717, 1.165) is 15.4 Å². The molecule has 2 amide bonds. The standard InChI is InChI=1S/C31H37Cl2N3O4S/c1-7-23-11-8-9-14-28(23)36(41(39,40)24-17-15-21(2)16-18-24)20-29(37)35(22(3)30(38)34-31(4,5)6)19-25-26(32)12-10-13-27(25)33/h8-18,22H,7,19-20H2,1-6H3,(H,34,38)/t22-/m0/s1. The molecule has 1 N–H and O–H groups in total. The molecule has 7 nitrogen and oxygen atoms in total. The molecule has 3 rings (SSSR count). The Hall–Kier alpha value is -3.07. The lowest BCUT2D eigenvalue weighted by atomic mass is 10.1. The summed E-state index contributed by atoms with van der Waals surface area (Å²) in [5, 5.41) is 3.57. The number of sulfonamides is 1. The van der Waals surface area contributed by atoms with Gasteiger partial charge in [0, 0.05) is 27.7 Å². The summed E-state index contributed by atoms with van der Waals surface area (Å²) < 4.78 is 29.2. The third kappa shape index (κ3) is 8.03. The molecular formula is C31H37Cl2N3O4S. The molecule has 10 heteroatoms. The number of carbonyl (C=O) groups is 2. The van der Waals surface area contributed by atoms with Gasteiger partial charge < -0.3 is 10.2 Å². The van der Waals surface area contributed by atoms with Crippen LogP contribution in [0.3, 0.4) is 0 Å². The number of halogens is 2. The Bertz CT molecular complexity index is 1480. The predicted molar refractivity (Wildman–Crippen MR) is 166 cm³/mol. The zero-order valence-corrected chi connectivity index (χ0v) is 26.6. The third-order valence-corrected chi connectivity index (χ3v) is 9.07. The Morgan fingerprint density at radius 2 is 1.51 bits per heavy atom. The Kier molecular flexibility index (Phi) is 10.5. The molecule has 0 aliphatic heterocycles. The zero-order valence-electron chi connectivity index (χ0n) is 24.2. The van der Waals surface area contributed by atoms with Crippen LogP contribution >= 0.6 is 23.2 Å². The highest BCUT2D eigenvalue weighted by Gasteiger charge is 2.34. The van der Waals surface area contributed by atoms with E-state index >= 15 is 0 Å². The summed E-state index contributed by atoms with van der Waals surface area (Å²) in [5.41, 5.74) is 1.97. The zero-order chi connectivity index (χ0) is 30.5. The summed E-state index contributed by atoms with van der Waals surface area (Å²) in [4.78, 5) is 28.8. The van der Waals surface area contributed by atoms with E-state index in [-0.39, 0.29) is 11.4 Å². The van der Waals surface area contributed by atoms with Gasteiger partial charge in [-0.2, -0.15) is 0 Å². The molecule has 0 bridgehead atoms. The molecular weight excluding hydrogens is 581 g/mol. The van der Waals surface area contributed by atoms with Gasteiger partial charge in [-0.25, -0.2) is 8.42 Å². The number of hydrogen-bond donors (Lipinski definition) is 1. The highest BCUT2D eigenvalue weighted by atomic mass is 35.5. The number of benzene rings is 3. The van der Waals surface area contributed by atoms with Crippen molar-refractivity contribution in [3.05, 3.63) is 93.5 Å². The lowest BCUT2D eigenvalue weighted by molar-refractivity contribution is -0.140. The Balaban J connectivity index is 2.12. The first-order valence-corrected chi connectivity index (χ1v) is 15.6. The van der Waals surface area contributed by atoms with Gasteiger partial charge >= 0.3 is 0 Å². The van der Waals surface area contributed by atoms with Crippen LogP contribution in [0.5, 0.6) is 0 Å². The van der Waals surface area contributed by atoms with Crippen LogP contribution in [0.2, 0.25) is 10.0 Å². The largest absolute Gasteiger partial charge is 0.350 e. The van der Waals surface area contributed by atoms with Crippen molar-refractivity contribution in [2.45, 2.75) is 71.0 Å². The summed E-state index contributed by atoms with van der Waals surface area (Å²) in [5.74, 6) is -0.977. The van der Waals surface area contributed by atoms with Crippen molar-refractivity contribution in [2.24, 2.45) is 0 Å². The van der Waals surface area contributed by atoms with Crippen LogP contribution in [-0.2, 0) is 32.6 Å². The van der Waals surface area contributed by atoms with Crippen LogP contribution in [0.25, 0.3) is 0 Å². The van der Waals surface area contributed by atoms with Gasteiger partial charge in [-0.1, -0.05) is 72.1 Å². The van der Waals surface area contributed by atoms with Crippen LogP contribution in [0, 0.1) is 6.92 Å². The number of nitrogens with one attached hydrogen (secondary N) is 1. The topological polar surface area (TPSA) is 86.8 Å². The maximum absolute atomic E-state index is 14.2. The van der Waals surface area contributed by atoms with E-state index in [4.69, 9.17) is 23.2 Å². The van der Waals surface area contributed by atoms with E-state index in [1.54, 1.807) is 49.4 Å². The molecule has 0 fully saturated rings.